The monoisotopic (exact) mass is 191 g/mol. The van der Waals surface area contributed by atoms with Gasteiger partial charge in [0.25, 0.3) is 0 Å². The van der Waals surface area contributed by atoms with Crippen molar-refractivity contribution in [1.29, 1.82) is 0 Å². The molecule has 0 aliphatic rings. The zero-order chi connectivity index (χ0) is 7.11. The normalized spacial score (nSPS) is 10.1. The Morgan fingerprint density at radius 1 is 1.67 bits per heavy atom. The standard InChI is InChI=1S/C7H14BrN/c1-3-6-9(4-2)7-5-8/h3H,1,4-7H2,2H3. The fourth-order valence-corrected chi connectivity index (χ4v) is 1.18. The van der Waals surface area contributed by atoms with Crippen LogP contribution in [-0.4, -0.2) is 29.9 Å². The van der Waals surface area contributed by atoms with E-state index in [2.05, 4.69) is 34.3 Å². The Morgan fingerprint density at radius 3 is 2.67 bits per heavy atom. The zero-order valence-electron chi connectivity index (χ0n) is 5.94. The predicted octanol–water partition coefficient (Wildman–Crippen LogP) is 1.89. The third kappa shape index (κ3) is 4.67. The van der Waals surface area contributed by atoms with Crippen molar-refractivity contribution < 1.29 is 0 Å². The Balaban J connectivity index is 3.28. The predicted molar refractivity (Wildman–Crippen MR) is 46.1 cm³/mol. The van der Waals surface area contributed by atoms with Crippen molar-refractivity contribution in [2.45, 2.75) is 6.92 Å². The summed E-state index contributed by atoms with van der Waals surface area (Å²) < 4.78 is 0. The fourth-order valence-electron chi connectivity index (χ4n) is 0.681. The van der Waals surface area contributed by atoms with Gasteiger partial charge in [-0.1, -0.05) is 28.9 Å². The van der Waals surface area contributed by atoms with Gasteiger partial charge >= 0.3 is 0 Å². The molecule has 0 aromatic heterocycles. The molecule has 9 heavy (non-hydrogen) atoms. The topological polar surface area (TPSA) is 3.24 Å². The fraction of sp³-hybridized carbons (Fsp3) is 0.714. The molecule has 54 valence electrons. The van der Waals surface area contributed by atoms with Crippen molar-refractivity contribution in [2.75, 3.05) is 25.0 Å². The van der Waals surface area contributed by atoms with Gasteiger partial charge in [0.15, 0.2) is 0 Å². The molecule has 0 heterocycles. The molecule has 0 unspecified atom stereocenters. The third-order valence-electron chi connectivity index (χ3n) is 1.24. The maximum Gasteiger partial charge on any atom is 0.0160 e. The lowest BCUT2D eigenvalue weighted by Gasteiger charge is -2.15. The van der Waals surface area contributed by atoms with Gasteiger partial charge in [0.05, 0.1) is 0 Å². The van der Waals surface area contributed by atoms with Gasteiger partial charge < -0.3 is 0 Å². The first-order valence-corrected chi connectivity index (χ1v) is 4.36. The summed E-state index contributed by atoms with van der Waals surface area (Å²) in [6.07, 6.45) is 1.94. The van der Waals surface area contributed by atoms with E-state index in [-0.39, 0.29) is 0 Å². The molecule has 2 heteroatoms. The van der Waals surface area contributed by atoms with Gasteiger partial charge in [0.2, 0.25) is 0 Å². The average molecular weight is 192 g/mol. The van der Waals surface area contributed by atoms with E-state index in [4.69, 9.17) is 0 Å². The number of nitrogens with zero attached hydrogens (tertiary/aromatic N) is 1. The largest absolute Gasteiger partial charge is 0.299 e. The summed E-state index contributed by atoms with van der Waals surface area (Å²) in [5, 5.41) is 1.05. The van der Waals surface area contributed by atoms with Crippen molar-refractivity contribution >= 4 is 15.9 Å². The molecule has 0 bridgehead atoms. The van der Waals surface area contributed by atoms with Crippen molar-refractivity contribution in [3.63, 3.8) is 0 Å². The molecule has 0 aliphatic heterocycles. The van der Waals surface area contributed by atoms with Crippen molar-refractivity contribution in [3.8, 4) is 0 Å². The van der Waals surface area contributed by atoms with Crippen LogP contribution in [0.3, 0.4) is 0 Å². The molecule has 0 fully saturated rings. The molecule has 0 aromatic rings. The first-order chi connectivity index (χ1) is 4.35. The van der Waals surface area contributed by atoms with E-state index in [1.165, 1.54) is 0 Å². The molecular formula is C7H14BrN. The molecular weight excluding hydrogens is 178 g/mol. The van der Waals surface area contributed by atoms with E-state index in [1.807, 2.05) is 6.08 Å². The third-order valence-corrected chi connectivity index (χ3v) is 1.59. The smallest absolute Gasteiger partial charge is 0.0160 e. The molecule has 0 aromatic carbocycles. The van der Waals surface area contributed by atoms with Crippen molar-refractivity contribution in [1.82, 2.24) is 4.90 Å². The van der Waals surface area contributed by atoms with Crippen LogP contribution >= 0.6 is 15.9 Å². The van der Waals surface area contributed by atoms with Crippen molar-refractivity contribution in [3.05, 3.63) is 12.7 Å². The highest BCUT2D eigenvalue weighted by Crippen LogP contribution is 1.89. The highest BCUT2D eigenvalue weighted by atomic mass is 79.9. The molecule has 0 rings (SSSR count). The quantitative estimate of drug-likeness (QED) is 0.475. The molecule has 0 atom stereocenters. The van der Waals surface area contributed by atoms with Gasteiger partial charge in [0, 0.05) is 18.4 Å². The summed E-state index contributed by atoms with van der Waals surface area (Å²) in [5.74, 6) is 0. The summed E-state index contributed by atoms with van der Waals surface area (Å²) in [7, 11) is 0. The van der Waals surface area contributed by atoms with Crippen LogP contribution in [0, 0.1) is 0 Å². The van der Waals surface area contributed by atoms with E-state index in [9.17, 15) is 0 Å². The maximum absolute atomic E-state index is 3.67. The number of halogens is 1. The van der Waals surface area contributed by atoms with Gasteiger partial charge in [-0.25, -0.2) is 0 Å². The Labute approximate surface area is 65.9 Å². The minimum Gasteiger partial charge on any atom is -0.299 e. The summed E-state index contributed by atoms with van der Waals surface area (Å²) in [6.45, 7) is 9.06. The number of rotatable bonds is 5. The lowest BCUT2D eigenvalue weighted by molar-refractivity contribution is 0.341. The Hall–Kier alpha value is 0.180. The van der Waals surface area contributed by atoms with Gasteiger partial charge in [-0.2, -0.15) is 0 Å². The van der Waals surface area contributed by atoms with Gasteiger partial charge in [-0.05, 0) is 6.54 Å². The Morgan fingerprint density at radius 2 is 2.33 bits per heavy atom. The van der Waals surface area contributed by atoms with Gasteiger partial charge in [-0.3, -0.25) is 4.90 Å². The van der Waals surface area contributed by atoms with Crippen molar-refractivity contribution in [2.24, 2.45) is 0 Å². The number of alkyl halides is 1. The maximum atomic E-state index is 3.67. The van der Waals surface area contributed by atoms with Crippen LogP contribution < -0.4 is 0 Å². The summed E-state index contributed by atoms with van der Waals surface area (Å²) in [5.41, 5.74) is 0. The number of likely N-dealkylation sites (N-methyl/N-ethyl adjacent to an activating group) is 1. The molecule has 0 aliphatic carbocycles. The van der Waals surface area contributed by atoms with E-state index < -0.39 is 0 Å². The molecule has 0 saturated carbocycles. The van der Waals surface area contributed by atoms with E-state index in [0.29, 0.717) is 0 Å². The second kappa shape index (κ2) is 6.30. The molecule has 0 amide bonds. The molecule has 0 N–H and O–H groups in total. The van der Waals surface area contributed by atoms with Crippen LogP contribution in [0.2, 0.25) is 0 Å². The first-order valence-electron chi connectivity index (χ1n) is 3.24. The molecule has 1 nitrogen and oxygen atoms in total. The lowest BCUT2D eigenvalue weighted by atomic mass is 10.5. The van der Waals surface area contributed by atoms with E-state index >= 15 is 0 Å². The van der Waals surface area contributed by atoms with Gasteiger partial charge in [-0.15, -0.1) is 6.58 Å². The number of hydrogen-bond acceptors (Lipinski definition) is 1. The first kappa shape index (κ1) is 9.18. The second-order valence-electron chi connectivity index (χ2n) is 1.87. The highest BCUT2D eigenvalue weighted by Gasteiger charge is 1.94. The van der Waals surface area contributed by atoms with Crippen LogP contribution in [0.4, 0.5) is 0 Å². The second-order valence-corrected chi connectivity index (χ2v) is 2.66. The number of hydrogen-bond donors (Lipinski definition) is 0. The van der Waals surface area contributed by atoms with Crippen LogP contribution in [0.1, 0.15) is 6.92 Å². The SMILES string of the molecule is C=CCN(CC)CCBr. The molecule has 0 saturated heterocycles. The van der Waals surface area contributed by atoms with E-state index in [0.717, 1.165) is 25.0 Å². The van der Waals surface area contributed by atoms with Gasteiger partial charge in [0.1, 0.15) is 0 Å². The summed E-state index contributed by atoms with van der Waals surface area (Å²) >= 11 is 3.38. The highest BCUT2D eigenvalue weighted by molar-refractivity contribution is 9.09. The molecule has 0 spiro atoms. The minimum atomic E-state index is 1.00. The van der Waals surface area contributed by atoms with E-state index in [1.54, 1.807) is 0 Å². The minimum absolute atomic E-state index is 1.00. The van der Waals surface area contributed by atoms with Crippen LogP contribution in [0.5, 0.6) is 0 Å². The van der Waals surface area contributed by atoms with Crippen LogP contribution in [0.15, 0.2) is 12.7 Å². The molecule has 0 radical (unpaired) electrons. The van der Waals surface area contributed by atoms with Crippen LogP contribution in [0.25, 0.3) is 0 Å². The lowest BCUT2D eigenvalue weighted by Crippen LogP contribution is -2.25. The summed E-state index contributed by atoms with van der Waals surface area (Å²) in [6, 6.07) is 0. The van der Waals surface area contributed by atoms with Crippen LogP contribution in [-0.2, 0) is 0 Å². The summed E-state index contributed by atoms with van der Waals surface area (Å²) in [4.78, 5) is 2.32. The Bertz CT molecular complexity index is 73.3. The zero-order valence-corrected chi connectivity index (χ0v) is 7.52. The average Bonchev–Trinajstić information content (AvgIpc) is 1.88. The Kier molecular flexibility index (Phi) is 6.43.